The van der Waals surface area contributed by atoms with Gasteiger partial charge in [0.1, 0.15) is 23.8 Å². The molecule has 0 spiro atoms. The van der Waals surface area contributed by atoms with Crippen LogP contribution in [0.3, 0.4) is 0 Å². The third-order valence-electron chi connectivity index (χ3n) is 4.61. The number of alkyl halides is 1. The molecule has 0 aromatic carbocycles. The molecule has 10 nitrogen and oxygen atoms in total. The van der Waals surface area contributed by atoms with E-state index in [1.807, 2.05) is 0 Å². The molecule has 0 bridgehead atoms. The topological polar surface area (TPSA) is 162 Å². The first kappa shape index (κ1) is 19.4. The van der Waals surface area contributed by atoms with Crippen LogP contribution in [0.1, 0.15) is 19.1 Å². The summed E-state index contributed by atoms with van der Waals surface area (Å²) in [5, 5.41) is 22.6. The lowest BCUT2D eigenvalue weighted by Gasteiger charge is -2.24. The number of ether oxygens (including phenoxy) is 1. The molecule has 1 aliphatic heterocycles. The highest BCUT2D eigenvalue weighted by Gasteiger charge is 2.46. The molecule has 1 saturated heterocycles. The highest BCUT2D eigenvalue weighted by atomic mass is 19.1. The van der Waals surface area contributed by atoms with Crippen LogP contribution in [0.25, 0.3) is 11.2 Å². The Morgan fingerprint density at radius 2 is 2.26 bits per heavy atom. The molecule has 11 heteroatoms. The lowest BCUT2D eigenvalue weighted by molar-refractivity contribution is -0.124. The summed E-state index contributed by atoms with van der Waals surface area (Å²) < 4.78 is 19.6. The summed E-state index contributed by atoms with van der Waals surface area (Å²) in [6, 6.07) is -0.231. The summed E-state index contributed by atoms with van der Waals surface area (Å²) in [5.41, 5.74) is 12.9. The highest BCUT2D eigenvalue weighted by Crippen LogP contribution is 2.32. The maximum atomic E-state index is 12.3. The van der Waals surface area contributed by atoms with Crippen molar-refractivity contribution in [2.24, 2.45) is 5.73 Å². The molecule has 1 amide bonds. The summed E-state index contributed by atoms with van der Waals surface area (Å²) >= 11 is 0. The molecule has 148 valence electrons. The molecule has 5 atom stereocenters. The smallest absolute Gasteiger partial charge is 0.237 e. The average Bonchev–Trinajstić information content (AvgIpc) is 3.22. The van der Waals surface area contributed by atoms with E-state index in [0.29, 0.717) is 16.9 Å². The van der Waals surface area contributed by atoms with Crippen LogP contribution < -0.4 is 16.8 Å². The van der Waals surface area contributed by atoms with E-state index in [1.54, 1.807) is 6.07 Å². The number of aliphatic hydroxyl groups excluding tert-OH is 2. The molecule has 1 aliphatic rings. The number of imidazole rings is 1. The minimum Gasteiger partial charge on any atom is -0.397 e. The standard InChI is InChI=1S/C16H23FN6O4/c17-4-1-2-9(19)15(26)22-12-13(25)10(6-24)27-16(12)23-7-21-11-8(18)3-5-20-14(11)23/h3,5,7,9-10,12-13,16,24-25H,1-2,4,6,19H2,(H2,18,20)(H,22,26)/t9?,10-,12?,13+,16-/m1/s1. The van der Waals surface area contributed by atoms with Gasteiger partial charge in [0, 0.05) is 6.20 Å². The van der Waals surface area contributed by atoms with E-state index in [-0.39, 0.29) is 12.8 Å². The molecule has 0 aliphatic carbocycles. The maximum absolute atomic E-state index is 12.3. The summed E-state index contributed by atoms with van der Waals surface area (Å²) in [7, 11) is 0. The summed E-state index contributed by atoms with van der Waals surface area (Å²) in [6.45, 7) is -1.01. The Morgan fingerprint density at radius 3 is 2.96 bits per heavy atom. The minimum atomic E-state index is -1.18. The molecule has 3 heterocycles. The van der Waals surface area contributed by atoms with Gasteiger partial charge >= 0.3 is 0 Å². The van der Waals surface area contributed by atoms with E-state index in [0.717, 1.165) is 0 Å². The second kappa shape index (κ2) is 8.13. The number of pyridine rings is 1. The summed E-state index contributed by atoms with van der Waals surface area (Å²) in [5.74, 6) is -0.545. The molecule has 1 fully saturated rings. The van der Waals surface area contributed by atoms with Gasteiger partial charge in [-0.25, -0.2) is 9.97 Å². The summed E-state index contributed by atoms with van der Waals surface area (Å²) in [6.07, 6.45) is 0.298. The van der Waals surface area contributed by atoms with E-state index in [4.69, 9.17) is 16.2 Å². The van der Waals surface area contributed by atoms with E-state index in [9.17, 15) is 19.4 Å². The fourth-order valence-electron chi connectivity index (χ4n) is 3.13. The number of amides is 1. The van der Waals surface area contributed by atoms with Gasteiger partial charge in [-0.05, 0) is 18.9 Å². The van der Waals surface area contributed by atoms with Gasteiger partial charge in [0.05, 0.1) is 31.3 Å². The van der Waals surface area contributed by atoms with Crippen LogP contribution in [-0.4, -0.2) is 68.2 Å². The monoisotopic (exact) mass is 382 g/mol. The second-order valence-corrected chi connectivity index (χ2v) is 6.43. The zero-order valence-electron chi connectivity index (χ0n) is 14.5. The third-order valence-corrected chi connectivity index (χ3v) is 4.61. The van der Waals surface area contributed by atoms with Gasteiger partial charge in [-0.3, -0.25) is 13.8 Å². The predicted octanol–water partition coefficient (Wildman–Crippen LogP) is -1.17. The van der Waals surface area contributed by atoms with Crippen molar-refractivity contribution >= 4 is 22.8 Å². The molecule has 7 N–H and O–H groups in total. The predicted molar refractivity (Wildman–Crippen MR) is 94.1 cm³/mol. The van der Waals surface area contributed by atoms with Gasteiger partial charge in [0.2, 0.25) is 5.91 Å². The molecule has 0 saturated carbocycles. The maximum Gasteiger partial charge on any atom is 0.237 e. The van der Waals surface area contributed by atoms with Gasteiger partial charge in [-0.2, -0.15) is 0 Å². The number of aromatic nitrogens is 3. The lowest BCUT2D eigenvalue weighted by Crippen LogP contribution is -2.51. The van der Waals surface area contributed by atoms with Gasteiger partial charge in [0.25, 0.3) is 0 Å². The average molecular weight is 382 g/mol. The van der Waals surface area contributed by atoms with Crippen LogP contribution in [-0.2, 0) is 9.53 Å². The molecule has 3 rings (SSSR count). The van der Waals surface area contributed by atoms with Crippen molar-refractivity contribution in [3.8, 4) is 0 Å². The molecule has 2 aromatic heterocycles. The number of halogens is 1. The number of hydrogen-bond acceptors (Lipinski definition) is 8. The Hall–Kier alpha value is -2.34. The molecule has 2 aromatic rings. The molecule has 27 heavy (non-hydrogen) atoms. The Balaban J connectivity index is 1.87. The number of nitrogens with zero attached hydrogens (tertiary/aromatic N) is 3. The Bertz CT molecular complexity index is 802. The van der Waals surface area contributed by atoms with Crippen molar-refractivity contribution in [3.63, 3.8) is 0 Å². The van der Waals surface area contributed by atoms with E-state index in [1.165, 1.54) is 17.1 Å². The number of carbonyl (C=O) groups excluding carboxylic acids is 1. The van der Waals surface area contributed by atoms with Crippen LogP contribution in [0.15, 0.2) is 18.6 Å². The fraction of sp³-hybridized carbons (Fsp3) is 0.562. The molecular weight excluding hydrogens is 359 g/mol. The minimum absolute atomic E-state index is 0.163. The number of nitrogens with one attached hydrogen (secondary N) is 1. The van der Waals surface area contributed by atoms with Crippen LogP contribution >= 0.6 is 0 Å². The SMILES string of the molecule is Nc1ccnc2c1ncn2[C@@H]1O[C@H](CO)[C@H](O)C1NC(=O)C(N)CCCF. The number of anilines is 1. The Kier molecular flexibility index (Phi) is 5.85. The zero-order chi connectivity index (χ0) is 19.6. The first-order chi connectivity index (χ1) is 13.0. The second-order valence-electron chi connectivity index (χ2n) is 6.43. The van der Waals surface area contributed by atoms with Crippen molar-refractivity contribution in [1.29, 1.82) is 0 Å². The van der Waals surface area contributed by atoms with Crippen LogP contribution in [0.2, 0.25) is 0 Å². The van der Waals surface area contributed by atoms with E-state index < -0.39 is 49.7 Å². The van der Waals surface area contributed by atoms with Crippen LogP contribution in [0.4, 0.5) is 10.1 Å². The van der Waals surface area contributed by atoms with Crippen molar-refractivity contribution < 1.29 is 24.1 Å². The third kappa shape index (κ3) is 3.72. The van der Waals surface area contributed by atoms with Crippen LogP contribution in [0, 0.1) is 0 Å². The number of fused-ring (bicyclic) bond motifs is 1. The largest absolute Gasteiger partial charge is 0.397 e. The van der Waals surface area contributed by atoms with Gasteiger partial charge in [0.15, 0.2) is 11.9 Å². The number of rotatable bonds is 7. The number of nitrogen functional groups attached to an aromatic ring is 1. The number of carbonyl (C=O) groups is 1. The van der Waals surface area contributed by atoms with Crippen molar-refractivity contribution in [2.75, 3.05) is 19.0 Å². The first-order valence-electron chi connectivity index (χ1n) is 8.61. The van der Waals surface area contributed by atoms with Crippen molar-refractivity contribution in [1.82, 2.24) is 19.9 Å². The molecular formula is C16H23FN6O4. The molecule has 2 unspecified atom stereocenters. The Morgan fingerprint density at radius 1 is 1.48 bits per heavy atom. The highest BCUT2D eigenvalue weighted by molar-refractivity contribution is 5.84. The quantitative estimate of drug-likeness (QED) is 0.400. The van der Waals surface area contributed by atoms with Crippen LogP contribution in [0.5, 0.6) is 0 Å². The van der Waals surface area contributed by atoms with Crippen molar-refractivity contribution in [3.05, 3.63) is 18.6 Å². The number of aliphatic hydroxyl groups is 2. The van der Waals surface area contributed by atoms with Gasteiger partial charge in [-0.1, -0.05) is 0 Å². The Labute approximate surface area is 154 Å². The van der Waals surface area contributed by atoms with Gasteiger partial charge < -0.3 is 31.7 Å². The first-order valence-corrected chi connectivity index (χ1v) is 8.61. The summed E-state index contributed by atoms with van der Waals surface area (Å²) in [4.78, 5) is 20.8. The number of hydrogen-bond donors (Lipinski definition) is 5. The molecule has 0 radical (unpaired) electrons. The number of nitrogens with two attached hydrogens (primary N) is 2. The zero-order valence-corrected chi connectivity index (χ0v) is 14.5. The lowest BCUT2D eigenvalue weighted by atomic mass is 10.1. The fourth-order valence-corrected chi connectivity index (χ4v) is 3.13. The van der Waals surface area contributed by atoms with E-state index in [2.05, 4.69) is 15.3 Å². The van der Waals surface area contributed by atoms with E-state index >= 15 is 0 Å². The normalized spacial score (nSPS) is 26.4. The van der Waals surface area contributed by atoms with Gasteiger partial charge in [-0.15, -0.1) is 0 Å². The van der Waals surface area contributed by atoms with Crippen molar-refractivity contribution in [2.45, 2.75) is 43.4 Å².